The maximum Gasteiger partial charge on any atom is 0.139 e. The van der Waals surface area contributed by atoms with Gasteiger partial charge in [-0.15, -0.1) is 0 Å². The van der Waals surface area contributed by atoms with Gasteiger partial charge in [-0.05, 0) is 30.3 Å². The predicted molar refractivity (Wildman–Crippen MR) is 117 cm³/mol. The van der Waals surface area contributed by atoms with E-state index in [0.29, 0.717) is 0 Å². The van der Waals surface area contributed by atoms with E-state index in [2.05, 4.69) is 54.8 Å². The van der Waals surface area contributed by atoms with Crippen LogP contribution in [0.5, 0.6) is 0 Å². The van der Waals surface area contributed by atoms with Crippen LogP contribution < -0.4 is 9.80 Å². The highest BCUT2D eigenvalue weighted by Gasteiger charge is 2.19. The van der Waals surface area contributed by atoms with E-state index in [0.717, 1.165) is 60.8 Å². The van der Waals surface area contributed by atoms with Crippen molar-refractivity contribution in [2.45, 2.75) is 6.54 Å². The fourth-order valence-electron chi connectivity index (χ4n) is 4.04. The standard InChI is InChI=1S/C22H25N7/c1-26(2)22-19-13-18(6-7-20(19)23-16-24-22)28-11-9-27(10-12-28)14-17-15-29-8-4-3-5-21(29)25-17/h3-8,13,15-16H,9-12,14H2,1-2H3. The molecule has 4 aromatic rings. The molecule has 7 nitrogen and oxygen atoms in total. The highest BCUT2D eigenvalue weighted by Crippen LogP contribution is 2.27. The lowest BCUT2D eigenvalue weighted by molar-refractivity contribution is 0.247. The normalized spacial score (nSPS) is 15.3. The van der Waals surface area contributed by atoms with E-state index in [1.807, 2.05) is 37.2 Å². The van der Waals surface area contributed by atoms with Crippen LogP contribution in [0, 0.1) is 0 Å². The number of anilines is 2. The minimum atomic E-state index is 0.895. The number of hydrogen-bond donors (Lipinski definition) is 0. The van der Waals surface area contributed by atoms with Crippen molar-refractivity contribution in [3.05, 3.63) is 60.8 Å². The van der Waals surface area contributed by atoms with E-state index in [1.165, 1.54) is 5.69 Å². The first-order valence-corrected chi connectivity index (χ1v) is 9.99. The number of nitrogens with zero attached hydrogens (tertiary/aromatic N) is 7. The minimum Gasteiger partial charge on any atom is -0.369 e. The lowest BCUT2D eigenvalue weighted by atomic mass is 10.1. The summed E-state index contributed by atoms with van der Waals surface area (Å²) in [5.41, 5.74) is 4.36. The van der Waals surface area contributed by atoms with Gasteiger partial charge in [0.05, 0.1) is 11.2 Å². The topological polar surface area (TPSA) is 52.8 Å². The second-order valence-electron chi connectivity index (χ2n) is 7.75. The molecule has 0 aliphatic carbocycles. The Kier molecular flexibility index (Phi) is 4.52. The molecule has 1 saturated heterocycles. The van der Waals surface area contributed by atoms with Gasteiger partial charge in [-0.3, -0.25) is 4.90 Å². The first-order valence-electron chi connectivity index (χ1n) is 9.99. The van der Waals surface area contributed by atoms with Crippen LogP contribution in [0.25, 0.3) is 16.6 Å². The number of hydrogen-bond acceptors (Lipinski definition) is 6. The third kappa shape index (κ3) is 3.49. The first-order chi connectivity index (χ1) is 14.2. The lowest BCUT2D eigenvalue weighted by Gasteiger charge is -2.36. The summed E-state index contributed by atoms with van der Waals surface area (Å²) in [4.78, 5) is 20.6. The summed E-state index contributed by atoms with van der Waals surface area (Å²) in [5.74, 6) is 0.960. The second-order valence-corrected chi connectivity index (χ2v) is 7.75. The third-order valence-corrected chi connectivity index (χ3v) is 5.56. The van der Waals surface area contributed by atoms with Gasteiger partial charge in [-0.1, -0.05) is 6.07 Å². The Labute approximate surface area is 170 Å². The van der Waals surface area contributed by atoms with Gasteiger partial charge >= 0.3 is 0 Å². The Morgan fingerprint density at radius 3 is 2.66 bits per heavy atom. The molecule has 29 heavy (non-hydrogen) atoms. The molecule has 1 aliphatic heterocycles. The Balaban J connectivity index is 1.29. The molecule has 0 saturated carbocycles. The summed E-state index contributed by atoms with van der Waals surface area (Å²) in [5, 5.41) is 1.10. The summed E-state index contributed by atoms with van der Waals surface area (Å²) in [6.07, 6.45) is 5.82. The maximum absolute atomic E-state index is 4.73. The van der Waals surface area contributed by atoms with Crippen LogP contribution in [-0.2, 0) is 6.54 Å². The molecular formula is C22H25N7. The van der Waals surface area contributed by atoms with Gasteiger partial charge in [0.1, 0.15) is 17.8 Å². The average Bonchev–Trinajstić information content (AvgIpc) is 3.15. The molecule has 0 amide bonds. The summed E-state index contributed by atoms with van der Waals surface area (Å²) >= 11 is 0. The van der Waals surface area contributed by atoms with Crippen molar-refractivity contribution in [1.29, 1.82) is 0 Å². The Morgan fingerprint density at radius 1 is 1.00 bits per heavy atom. The van der Waals surface area contributed by atoms with Gasteiger partial charge in [-0.25, -0.2) is 15.0 Å². The smallest absolute Gasteiger partial charge is 0.139 e. The van der Waals surface area contributed by atoms with Crippen LogP contribution in [0.15, 0.2) is 55.1 Å². The van der Waals surface area contributed by atoms with Crippen LogP contribution in [-0.4, -0.2) is 64.5 Å². The fraction of sp³-hybridized carbons (Fsp3) is 0.318. The molecule has 0 bridgehead atoms. The summed E-state index contributed by atoms with van der Waals surface area (Å²) in [7, 11) is 4.04. The third-order valence-electron chi connectivity index (χ3n) is 5.56. The molecule has 0 atom stereocenters. The van der Waals surface area contributed by atoms with E-state index < -0.39 is 0 Å². The van der Waals surface area contributed by atoms with Gasteiger partial charge in [0, 0.05) is 70.3 Å². The number of fused-ring (bicyclic) bond motifs is 2. The van der Waals surface area contributed by atoms with Crippen molar-refractivity contribution in [3.63, 3.8) is 0 Å². The van der Waals surface area contributed by atoms with E-state index in [4.69, 9.17) is 4.98 Å². The van der Waals surface area contributed by atoms with Crippen molar-refractivity contribution in [1.82, 2.24) is 24.3 Å². The zero-order valence-corrected chi connectivity index (χ0v) is 16.9. The van der Waals surface area contributed by atoms with E-state index in [9.17, 15) is 0 Å². The summed E-state index contributed by atoms with van der Waals surface area (Å²) in [6, 6.07) is 12.6. The molecule has 0 unspecified atom stereocenters. The Morgan fingerprint density at radius 2 is 1.86 bits per heavy atom. The number of rotatable bonds is 4. The molecule has 1 aliphatic rings. The molecule has 3 aromatic heterocycles. The molecule has 0 radical (unpaired) electrons. The lowest BCUT2D eigenvalue weighted by Crippen LogP contribution is -2.46. The number of piperazine rings is 1. The van der Waals surface area contributed by atoms with Gasteiger partial charge in [0.2, 0.25) is 0 Å². The van der Waals surface area contributed by atoms with Crippen LogP contribution in [0.4, 0.5) is 11.5 Å². The largest absolute Gasteiger partial charge is 0.369 e. The van der Waals surface area contributed by atoms with Crippen molar-refractivity contribution in [2.24, 2.45) is 0 Å². The zero-order valence-electron chi connectivity index (χ0n) is 16.9. The number of benzene rings is 1. The molecular weight excluding hydrogens is 362 g/mol. The fourth-order valence-corrected chi connectivity index (χ4v) is 4.04. The quantitative estimate of drug-likeness (QED) is 0.537. The van der Waals surface area contributed by atoms with Crippen molar-refractivity contribution in [3.8, 4) is 0 Å². The molecule has 148 valence electrons. The van der Waals surface area contributed by atoms with Gasteiger partial charge in [0.25, 0.3) is 0 Å². The van der Waals surface area contributed by atoms with Crippen LogP contribution >= 0.6 is 0 Å². The zero-order chi connectivity index (χ0) is 19.8. The monoisotopic (exact) mass is 387 g/mol. The Bertz CT molecular complexity index is 1110. The Hall–Kier alpha value is -3.19. The number of pyridine rings is 1. The van der Waals surface area contributed by atoms with Gasteiger partial charge in [-0.2, -0.15) is 0 Å². The van der Waals surface area contributed by atoms with Crippen molar-refractivity contribution in [2.75, 3.05) is 50.1 Å². The molecule has 0 N–H and O–H groups in total. The molecule has 7 heteroatoms. The number of imidazole rings is 1. The van der Waals surface area contributed by atoms with Crippen LogP contribution in [0.3, 0.4) is 0 Å². The van der Waals surface area contributed by atoms with E-state index in [1.54, 1.807) is 6.33 Å². The second kappa shape index (κ2) is 7.33. The van der Waals surface area contributed by atoms with E-state index >= 15 is 0 Å². The van der Waals surface area contributed by atoms with Crippen LogP contribution in [0.1, 0.15) is 5.69 Å². The highest BCUT2D eigenvalue weighted by molar-refractivity contribution is 5.91. The van der Waals surface area contributed by atoms with E-state index in [-0.39, 0.29) is 0 Å². The first kappa shape index (κ1) is 17.9. The van der Waals surface area contributed by atoms with Gasteiger partial charge in [0.15, 0.2) is 0 Å². The molecule has 1 fully saturated rings. The summed E-state index contributed by atoms with van der Waals surface area (Å²) < 4.78 is 2.09. The molecule has 5 rings (SSSR count). The maximum atomic E-state index is 4.73. The highest BCUT2D eigenvalue weighted by atomic mass is 15.3. The van der Waals surface area contributed by atoms with Crippen molar-refractivity contribution >= 4 is 28.1 Å². The molecule has 4 heterocycles. The predicted octanol–water partition coefficient (Wildman–Crippen LogP) is 2.67. The van der Waals surface area contributed by atoms with Crippen LogP contribution in [0.2, 0.25) is 0 Å². The SMILES string of the molecule is CN(C)c1ncnc2ccc(N3CCN(Cc4cn5ccccc5n4)CC3)cc12. The average molecular weight is 387 g/mol. The summed E-state index contributed by atoms with van der Waals surface area (Å²) in [6.45, 7) is 4.95. The minimum absolute atomic E-state index is 0.895. The van der Waals surface area contributed by atoms with Crippen molar-refractivity contribution < 1.29 is 0 Å². The molecule has 1 aromatic carbocycles. The van der Waals surface area contributed by atoms with Gasteiger partial charge < -0.3 is 14.2 Å². The molecule has 0 spiro atoms. The number of aromatic nitrogens is 4.